The van der Waals surface area contributed by atoms with Crippen molar-refractivity contribution >= 4 is 17.9 Å². The molecule has 0 aliphatic heterocycles. The van der Waals surface area contributed by atoms with Crippen LogP contribution < -0.4 is 0 Å². The van der Waals surface area contributed by atoms with E-state index in [1.807, 2.05) is 22.8 Å². The number of nitrogens with one attached hydrogen (secondary N) is 1. The molecule has 102 valence electrons. The van der Waals surface area contributed by atoms with E-state index in [4.69, 9.17) is 12.2 Å². The van der Waals surface area contributed by atoms with Gasteiger partial charge in [-0.1, -0.05) is 42.0 Å². The van der Waals surface area contributed by atoms with Crippen molar-refractivity contribution in [2.24, 2.45) is 0 Å². The van der Waals surface area contributed by atoms with Crippen LogP contribution in [-0.2, 0) is 6.42 Å². The summed E-state index contributed by atoms with van der Waals surface area (Å²) in [5.74, 6) is 0.957. The highest BCUT2D eigenvalue weighted by molar-refractivity contribution is 7.71. The molecule has 0 saturated carbocycles. The van der Waals surface area contributed by atoms with Gasteiger partial charge in [-0.2, -0.15) is 5.10 Å². The SMILES string of the molecule is CC1=CC(n2c(Cc3ccccc3)n[nH]c2=S)=CCC1. The van der Waals surface area contributed by atoms with Crippen molar-refractivity contribution in [3.8, 4) is 0 Å². The molecule has 1 aromatic carbocycles. The Labute approximate surface area is 123 Å². The molecule has 0 spiro atoms. The Balaban J connectivity index is 1.98. The predicted molar refractivity (Wildman–Crippen MR) is 83.9 cm³/mol. The predicted octanol–water partition coefficient (Wildman–Crippen LogP) is 4.11. The quantitative estimate of drug-likeness (QED) is 0.860. The molecule has 2 aromatic rings. The third-order valence-corrected chi connectivity index (χ3v) is 3.77. The molecule has 1 heterocycles. The van der Waals surface area contributed by atoms with Gasteiger partial charge < -0.3 is 0 Å². The van der Waals surface area contributed by atoms with Gasteiger partial charge in [-0.3, -0.25) is 9.67 Å². The Bertz CT molecular complexity index is 720. The maximum absolute atomic E-state index is 5.38. The van der Waals surface area contributed by atoms with Gasteiger partial charge in [0.2, 0.25) is 0 Å². The van der Waals surface area contributed by atoms with E-state index in [9.17, 15) is 0 Å². The van der Waals surface area contributed by atoms with E-state index in [1.165, 1.54) is 11.1 Å². The van der Waals surface area contributed by atoms with E-state index >= 15 is 0 Å². The summed E-state index contributed by atoms with van der Waals surface area (Å²) in [5, 5.41) is 7.30. The zero-order valence-electron chi connectivity index (χ0n) is 11.5. The lowest BCUT2D eigenvalue weighted by molar-refractivity contribution is 0.891. The second-order valence-corrected chi connectivity index (χ2v) is 5.49. The fourth-order valence-electron chi connectivity index (χ4n) is 2.48. The number of allylic oxidation sites excluding steroid dienone is 4. The fourth-order valence-corrected chi connectivity index (χ4v) is 2.74. The molecular weight excluding hydrogens is 266 g/mol. The molecule has 1 aliphatic carbocycles. The lowest BCUT2D eigenvalue weighted by Gasteiger charge is -2.13. The molecule has 0 bridgehead atoms. The van der Waals surface area contributed by atoms with Crippen molar-refractivity contribution < 1.29 is 0 Å². The zero-order chi connectivity index (χ0) is 13.9. The van der Waals surface area contributed by atoms with Crippen LogP contribution in [0.25, 0.3) is 5.70 Å². The minimum atomic E-state index is 0.660. The molecule has 1 aliphatic rings. The van der Waals surface area contributed by atoms with Gasteiger partial charge in [-0.05, 0) is 43.6 Å². The zero-order valence-corrected chi connectivity index (χ0v) is 12.3. The first-order valence-electron chi connectivity index (χ1n) is 6.82. The normalized spacial score (nSPS) is 14.8. The van der Waals surface area contributed by atoms with E-state index in [0.29, 0.717) is 4.77 Å². The number of H-pyrrole nitrogens is 1. The van der Waals surface area contributed by atoms with Gasteiger partial charge in [-0.25, -0.2) is 0 Å². The molecule has 0 unspecified atom stereocenters. The van der Waals surface area contributed by atoms with Crippen molar-refractivity contribution in [3.63, 3.8) is 0 Å². The molecule has 3 rings (SSSR count). The highest BCUT2D eigenvalue weighted by Crippen LogP contribution is 2.22. The van der Waals surface area contributed by atoms with Crippen LogP contribution in [-0.4, -0.2) is 14.8 Å². The highest BCUT2D eigenvalue weighted by atomic mass is 32.1. The average molecular weight is 283 g/mol. The summed E-state index contributed by atoms with van der Waals surface area (Å²) in [5.41, 5.74) is 3.76. The van der Waals surface area contributed by atoms with Gasteiger partial charge in [0.15, 0.2) is 4.77 Å². The first kappa shape index (κ1) is 13.1. The van der Waals surface area contributed by atoms with Crippen LogP contribution in [0, 0.1) is 4.77 Å². The number of hydrogen-bond donors (Lipinski definition) is 1. The van der Waals surface area contributed by atoms with Crippen molar-refractivity contribution in [1.82, 2.24) is 14.8 Å². The van der Waals surface area contributed by atoms with Gasteiger partial charge in [0.1, 0.15) is 5.82 Å². The third kappa shape index (κ3) is 2.65. The highest BCUT2D eigenvalue weighted by Gasteiger charge is 2.12. The Morgan fingerprint density at radius 3 is 2.85 bits per heavy atom. The minimum absolute atomic E-state index is 0.660. The van der Waals surface area contributed by atoms with E-state index < -0.39 is 0 Å². The molecule has 0 saturated heterocycles. The van der Waals surface area contributed by atoms with Crippen molar-refractivity contribution in [3.05, 3.63) is 64.2 Å². The summed E-state index contributed by atoms with van der Waals surface area (Å²) in [6, 6.07) is 10.3. The molecule has 0 radical (unpaired) electrons. The Morgan fingerprint density at radius 1 is 1.30 bits per heavy atom. The Morgan fingerprint density at radius 2 is 2.10 bits per heavy atom. The topological polar surface area (TPSA) is 33.6 Å². The van der Waals surface area contributed by atoms with E-state index in [2.05, 4.69) is 41.4 Å². The monoisotopic (exact) mass is 283 g/mol. The van der Waals surface area contributed by atoms with Crippen LogP contribution in [0.1, 0.15) is 31.2 Å². The first-order chi connectivity index (χ1) is 9.74. The molecule has 1 aromatic heterocycles. The van der Waals surface area contributed by atoms with Crippen molar-refractivity contribution in [2.45, 2.75) is 26.2 Å². The van der Waals surface area contributed by atoms with Crippen LogP contribution in [0.3, 0.4) is 0 Å². The largest absolute Gasteiger partial charge is 0.272 e. The molecule has 0 atom stereocenters. The van der Waals surface area contributed by atoms with Crippen LogP contribution in [0.15, 0.2) is 48.1 Å². The standard InChI is InChI=1S/C16H17N3S/c1-12-6-5-9-14(10-12)19-15(17-18-16(19)20)11-13-7-3-2-4-8-13/h2-4,7-10H,5-6,11H2,1H3,(H,18,20). The molecule has 20 heavy (non-hydrogen) atoms. The Hall–Kier alpha value is -1.94. The van der Waals surface area contributed by atoms with Gasteiger partial charge in [-0.15, -0.1) is 0 Å². The smallest absolute Gasteiger partial charge is 0.199 e. The number of benzene rings is 1. The average Bonchev–Trinajstić information content (AvgIpc) is 2.81. The summed E-state index contributed by atoms with van der Waals surface area (Å²) < 4.78 is 2.71. The molecule has 1 N–H and O–H groups in total. The van der Waals surface area contributed by atoms with Gasteiger partial charge in [0, 0.05) is 12.1 Å². The summed E-state index contributed by atoms with van der Waals surface area (Å²) in [6.07, 6.45) is 7.40. The summed E-state index contributed by atoms with van der Waals surface area (Å²) in [4.78, 5) is 0. The molecular formula is C16H17N3S. The molecule has 0 fully saturated rings. The van der Waals surface area contributed by atoms with Crippen LogP contribution >= 0.6 is 12.2 Å². The number of rotatable bonds is 3. The summed E-state index contributed by atoms with van der Waals surface area (Å²) in [6.45, 7) is 2.16. The van der Waals surface area contributed by atoms with Gasteiger partial charge >= 0.3 is 0 Å². The molecule has 4 heteroatoms. The summed E-state index contributed by atoms with van der Waals surface area (Å²) >= 11 is 5.38. The number of hydrogen-bond acceptors (Lipinski definition) is 2. The second kappa shape index (κ2) is 5.59. The first-order valence-corrected chi connectivity index (χ1v) is 7.23. The third-order valence-electron chi connectivity index (χ3n) is 3.49. The molecule has 0 amide bonds. The van der Waals surface area contributed by atoms with Gasteiger partial charge in [0.05, 0.1) is 0 Å². The fraction of sp³-hybridized carbons (Fsp3) is 0.250. The van der Waals surface area contributed by atoms with Gasteiger partial charge in [0.25, 0.3) is 0 Å². The lowest BCUT2D eigenvalue weighted by Crippen LogP contribution is -2.05. The van der Waals surface area contributed by atoms with Crippen LogP contribution in [0.2, 0.25) is 0 Å². The van der Waals surface area contributed by atoms with Crippen LogP contribution in [0.4, 0.5) is 0 Å². The van der Waals surface area contributed by atoms with Crippen molar-refractivity contribution in [2.75, 3.05) is 0 Å². The minimum Gasteiger partial charge on any atom is -0.272 e. The number of nitrogens with zero attached hydrogens (tertiary/aromatic N) is 2. The van der Waals surface area contributed by atoms with Crippen LogP contribution in [0.5, 0.6) is 0 Å². The maximum atomic E-state index is 5.38. The van der Waals surface area contributed by atoms with E-state index in [0.717, 1.165) is 30.8 Å². The number of aromatic amines is 1. The second-order valence-electron chi connectivity index (χ2n) is 5.10. The molecule has 3 nitrogen and oxygen atoms in total. The summed E-state index contributed by atoms with van der Waals surface area (Å²) in [7, 11) is 0. The van der Waals surface area contributed by atoms with E-state index in [1.54, 1.807) is 0 Å². The number of aromatic nitrogens is 3. The lowest BCUT2D eigenvalue weighted by atomic mass is 10.0. The maximum Gasteiger partial charge on any atom is 0.199 e. The van der Waals surface area contributed by atoms with Crippen molar-refractivity contribution in [1.29, 1.82) is 0 Å². The van der Waals surface area contributed by atoms with E-state index in [-0.39, 0.29) is 0 Å². The Kier molecular flexibility index (Phi) is 3.65.